The van der Waals surface area contributed by atoms with Gasteiger partial charge in [-0.05, 0) is 11.5 Å². The lowest BCUT2D eigenvalue weighted by Crippen LogP contribution is -2.64. The Kier molecular flexibility index (Phi) is 7.64. The fraction of sp³-hybridized carbons (Fsp3) is 0.571. The molecule has 138 valence electrons. The molecule has 2 unspecified atom stereocenters. The lowest BCUT2D eigenvalue weighted by Gasteiger charge is -2.47. The molecule has 1 aromatic carbocycles. The summed E-state index contributed by atoms with van der Waals surface area (Å²) in [5.74, 6) is -1.27. The molecule has 0 aliphatic heterocycles. The molecular formula is C14H14F6I2O2. The number of halogens is 8. The molecule has 0 fully saturated rings. The van der Waals surface area contributed by atoms with E-state index in [9.17, 15) is 36.6 Å². The molecule has 2 nitrogen and oxygen atoms in total. The molecule has 0 aliphatic carbocycles. The molecule has 2 atom stereocenters. The van der Waals surface area contributed by atoms with E-state index in [4.69, 9.17) is 0 Å². The zero-order chi connectivity index (χ0) is 18.8. The zero-order valence-corrected chi connectivity index (χ0v) is 16.3. The van der Waals surface area contributed by atoms with E-state index < -0.39 is 41.5 Å². The van der Waals surface area contributed by atoms with Crippen LogP contribution in [-0.2, 0) is 5.41 Å². The number of hydrogen-bond donors (Lipinski definition) is 2. The van der Waals surface area contributed by atoms with Crippen LogP contribution in [0.5, 0.6) is 0 Å². The maximum atomic E-state index is 13.3. The Labute approximate surface area is 161 Å². The standard InChI is InChI=1S/C14H14F6I2O2/c15-13(16,17)10(23)12(9(6-21)7-22,11(24)14(18,19)20)8-4-2-1-3-5-8/h1-5,9-11,23-24H,6-7H2. The van der Waals surface area contributed by atoms with E-state index in [-0.39, 0.29) is 8.86 Å². The van der Waals surface area contributed by atoms with Crippen LogP contribution in [0.2, 0.25) is 0 Å². The van der Waals surface area contributed by atoms with Crippen LogP contribution < -0.4 is 0 Å². The first kappa shape index (κ1) is 22.2. The van der Waals surface area contributed by atoms with Gasteiger partial charge in [0.1, 0.15) is 0 Å². The highest BCUT2D eigenvalue weighted by atomic mass is 127. The molecule has 2 N–H and O–H groups in total. The van der Waals surface area contributed by atoms with Gasteiger partial charge in [0.2, 0.25) is 0 Å². The van der Waals surface area contributed by atoms with E-state index >= 15 is 0 Å². The molecule has 0 saturated carbocycles. The van der Waals surface area contributed by atoms with Crippen LogP contribution in [0.1, 0.15) is 5.56 Å². The van der Waals surface area contributed by atoms with Crippen molar-refractivity contribution in [2.24, 2.45) is 5.92 Å². The lowest BCUT2D eigenvalue weighted by molar-refractivity contribution is -0.285. The summed E-state index contributed by atoms with van der Waals surface area (Å²) in [6.45, 7) is 0. The average molecular weight is 582 g/mol. The second-order valence-corrected chi connectivity index (χ2v) is 6.95. The van der Waals surface area contributed by atoms with Crippen molar-refractivity contribution in [3.05, 3.63) is 35.9 Å². The van der Waals surface area contributed by atoms with Crippen LogP contribution in [-0.4, -0.2) is 43.6 Å². The molecule has 0 radical (unpaired) electrons. The second kappa shape index (κ2) is 8.25. The minimum atomic E-state index is -5.34. The highest BCUT2D eigenvalue weighted by Gasteiger charge is 2.66. The summed E-state index contributed by atoms with van der Waals surface area (Å²) >= 11 is 3.33. The summed E-state index contributed by atoms with van der Waals surface area (Å²) in [7, 11) is 0. The molecule has 10 heteroatoms. The fourth-order valence-corrected chi connectivity index (χ4v) is 5.98. The summed E-state index contributed by atoms with van der Waals surface area (Å²) in [5, 5.41) is 19.8. The van der Waals surface area contributed by atoms with Crippen molar-refractivity contribution in [1.29, 1.82) is 0 Å². The minimum Gasteiger partial charge on any atom is -0.383 e. The molecular weight excluding hydrogens is 568 g/mol. The Morgan fingerprint density at radius 1 is 0.792 bits per heavy atom. The van der Waals surface area contributed by atoms with Crippen molar-refractivity contribution in [3.8, 4) is 0 Å². The van der Waals surface area contributed by atoms with Gasteiger partial charge >= 0.3 is 12.4 Å². The molecule has 0 heterocycles. The number of benzene rings is 1. The Bertz CT molecular complexity index is 496. The third-order valence-corrected chi connectivity index (χ3v) is 5.97. The third kappa shape index (κ3) is 4.29. The molecule has 0 spiro atoms. The Balaban J connectivity index is 3.80. The smallest absolute Gasteiger partial charge is 0.383 e. The summed E-state index contributed by atoms with van der Waals surface area (Å²) in [5.41, 5.74) is -3.36. The Morgan fingerprint density at radius 2 is 1.17 bits per heavy atom. The summed E-state index contributed by atoms with van der Waals surface area (Å²) in [6.07, 6.45) is -17.4. The highest BCUT2D eigenvalue weighted by Crippen LogP contribution is 2.50. The Morgan fingerprint density at radius 3 is 1.46 bits per heavy atom. The first-order chi connectivity index (χ1) is 10.9. The minimum absolute atomic E-state index is 0.115. The van der Waals surface area contributed by atoms with Gasteiger partial charge < -0.3 is 10.2 Å². The van der Waals surface area contributed by atoms with Crippen molar-refractivity contribution < 1.29 is 36.6 Å². The molecule has 1 rings (SSSR count). The highest BCUT2D eigenvalue weighted by molar-refractivity contribution is 14.1. The number of aliphatic hydroxyl groups excluding tert-OH is 2. The van der Waals surface area contributed by atoms with Crippen molar-refractivity contribution in [2.75, 3.05) is 8.86 Å². The molecule has 0 amide bonds. The predicted molar refractivity (Wildman–Crippen MR) is 93.5 cm³/mol. The van der Waals surface area contributed by atoms with Crippen LogP contribution in [0.25, 0.3) is 0 Å². The van der Waals surface area contributed by atoms with Gasteiger partial charge in [0.05, 0.1) is 5.41 Å². The van der Waals surface area contributed by atoms with Gasteiger partial charge in [-0.25, -0.2) is 0 Å². The van der Waals surface area contributed by atoms with E-state index in [0.29, 0.717) is 0 Å². The van der Waals surface area contributed by atoms with Crippen molar-refractivity contribution >= 4 is 45.2 Å². The normalized spacial score (nSPS) is 18.3. The van der Waals surface area contributed by atoms with Gasteiger partial charge in [-0.1, -0.05) is 75.5 Å². The van der Waals surface area contributed by atoms with Crippen LogP contribution >= 0.6 is 45.2 Å². The van der Waals surface area contributed by atoms with Crippen LogP contribution in [0, 0.1) is 5.92 Å². The topological polar surface area (TPSA) is 40.5 Å². The first-order valence-corrected chi connectivity index (χ1v) is 9.66. The molecule has 24 heavy (non-hydrogen) atoms. The fourth-order valence-electron chi connectivity index (χ4n) is 2.71. The number of alkyl halides is 8. The molecule has 0 aromatic heterocycles. The van der Waals surface area contributed by atoms with Crippen molar-refractivity contribution in [1.82, 2.24) is 0 Å². The largest absolute Gasteiger partial charge is 0.415 e. The second-order valence-electron chi connectivity index (χ2n) is 5.19. The van der Waals surface area contributed by atoms with Gasteiger partial charge in [0, 0.05) is 8.86 Å². The Hall–Kier alpha value is 0.180. The van der Waals surface area contributed by atoms with Gasteiger partial charge in [-0.2, -0.15) is 26.3 Å². The van der Waals surface area contributed by atoms with Gasteiger partial charge in [-0.3, -0.25) is 0 Å². The van der Waals surface area contributed by atoms with Crippen LogP contribution in [0.3, 0.4) is 0 Å². The third-order valence-electron chi connectivity index (χ3n) is 3.85. The summed E-state index contributed by atoms with van der Waals surface area (Å²) in [6, 6.07) is 6.10. The van der Waals surface area contributed by atoms with E-state index in [1.165, 1.54) is 18.2 Å². The molecule has 1 aromatic rings. The monoisotopic (exact) mass is 582 g/mol. The molecule has 0 aliphatic rings. The predicted octanol–water partition coefficient (Wildman–Crippen LogP) is 4.26. The number of hydrogen-bond acceptors (Lipinski definition) is 2. The van der Waals surface area contributed by atoms with E-state index in [0.717, 1.165) is 12.1 Å². The molecule has 0 saturated heterocycles. The quantitative estimate of drug-likeness (QED) is 0.300. The van der Waals surface area contributed by atoms with Crippen LogP contribution in [0.15, 0.2) is 30.3 Å². The SMILES string of the molecule is OC(C(F)(F)F)C(c1ccccc1)(C(CI)CI)C(O)C(F)(F)F. The van der Waals surface area contributed by atoms with E-state index in [1.54, 1.807) is 45.2 Å². The zero-order valence-electron chi connectivity index (χ0n) is 12.0. The number of aliphatic hydroxyl groups is 2. The van der Waals surface area contributed by atoms with Gasteiger partial charge in [-0.15, -0.1) is 0 Å². The van der Waals surface area contributed by atoms with Crippen molar-refractivity contribution in [3.63, 3.8) is 0 Å². The van der Waals surface area contributed by atoms with Crippen LogP contribution in [0.4, 0.5) is 26.3 Å². The van der Waals surface area contributed by atoms with Crippen molar-refractivity contribution in [2.45, 2.75) is 30.0 Å². The maximum Gasteiger partial charge on any atom is 0.415 e. The van der Waals surface area contributed by atoms with E-state index in [1.807, 2.05) is 0 Å². The van der Waals surface area contributed by atoms with Gasteiger partial charge in [0.25, 0.3) is 0 Å². The summed E-state index contributed by atoms with van der Waals surface area (Å²) in [4.78, 5) is 0. The van der Waals surface area contributed by atoms with Gasteiger partial charge in [0.15, 0.2) is 12.2 Å². The van der Waals surface area contributed by atoms with E-state index in [2.05, 4.69) is 0 Å². The first-order valence-electron chi connectivity index (χ1n) is 6.61. The summed E-state index contributed by atoms with van der Waals surface area (Å²) < 4.78 is 79.4. The number of rotatable bonds is 6. The molecule has 0 bridgehead atoms. The average Bonchev–Trinajstić information content (AvgIpc) is 2.50. The lowest BCUT2D eigenvalue weighted by atomic mass is 9.63. The maximum absolute atomic E-state index is 13.3.